The number of carbonyl (C=O) groups excluding carboxylic acids is 1. The molecule has 2 heterocycles. The van der Waals surface area contributed by atoms with Gasteiger partial charge in [-0.3, -0.25) is 10.00 Å². The van der Waals surface area contributed by atoms with Gasteiger partial charge in [0.15, 0.2) is 5.82 Å². The van der Waals surface area contributed by atoms with Gasteiger partial charge in [-0.2, -0.15) is 5.10 Å². The van der Waals surface area contributed by atoms with E-state index >= 15 is 0 Å². The monoisotopic (exact) mass is 368 g/mol. The van der Waals surface area contributed by atoms with E-state index in [0.717, 1.165) is 12.2 Å². The molecule has 1 aliphatic carbocycles. The lowest BCUT2D eigenvalue weighted by Gasteiger charge is -2.13. The minimum absolute atomic E-state index is 0.0185. The van der Waals surface area contributed by atoms with Gasteiger partial charge in [0.2, 0.25) is 0 Å². The number of nitrogens with one attached hydrogen (secondary N) is 2. The summed E-state index contributed by atoms with van der Waals surface area (Å²) in [5.41, 5.74) is 6.97. The first-order valence-corrected chi connectivity index (χ1v) is 8.93. The number of nitrogens with two attached hydrogens (primary N) is 1. The zero-order valence-corrected chi connectivity index (χ0v) is 15.5. The molecule has 1 aliphatic rings. The van der Waals surface area contributed by atoms with E-state index in [4.69, 9.17) is 10.5 Å². The number of anilines is 2. The molecule has 3 rings (SSSR count). The molecule has 0 spiro atoms. The normalized spacial score (nSPS) is 14.1. The van der Waals surface area contributed by atoms with E-state index in [9.17, 15) is 4.79 Å². The number of aromatic nitrogens is 3. The second-order valence-corrected chi connectivity index (χ2v) is 6.68. The summed E-state index contributed by atoms with van der Waals surface area (Å²) in [6, 6.07) is 4.88. The van der Waals surface area contributed by atoms with E-state index in [2.05, 4.69) is 32.6 Å². The first-order chi connectivity index (χ1) is 13.0. The van der Waals surface area contributed by atoms with E-state index in [0.29, 0.717) is 29.8 Å². The summed E-state index contributed by atoms with van der Waals surface area (Å²) in [4.78, 5) is 16.0. The van der Waals surface area contributed by atoms with Gasteiger partial charge in [-0.15, -0.1) is 0 Å². The van der Waals surface area contributed by atoms with Crippen LogP contribution in [0.15, 0.2) is 24.4 Å². The summed E-state index contributed by atoms with van der Waals surface area (Å²) in [5, 5.41) is 9.74. The molecule has 0 radical (unpaired) electrons. The summed E-state index contributed by atoms with van der Waals surface area (Å²) >= 11 is 0. The lowest BCUT2D eigenvalue weighted by Crippen LogP contribution is -2.35. The number of ether oxygens (including phenoxy) is 1. The van der Waals surface area contributed by atoms with Crippen LogP contribution in [0.1, 0.15) is 31.0 Å². The highest BCUT2D eigenvalue weighted by Crippen LogP contribution is 2.29. The second kappa shape index (κ2) is 8.56. The minimum atomic E-state index is -0.322. The van der Waals surface area contributed by atoms with Crippen molar-refractivity contribution in [2.24, 2.45) is 13.0 Å². The van der Waals surface area contributed by atoms with Crippen LogP contribution >= 0.6 is 0 Å². The van der Waals surface area contributed by atoms with Crippen LogP contribution in [0.5, 0.6) is 0 Å². The van der Waals surface area contributed by atoms with Crippen molar-refractivity contribution in [2.75, 3.05) is 24.2 Å². The highest BCUT2D eigenvalue weighted by atomic mass is 16.5. The lowest BCUT2D eigenvalue weighted by molar-refractivity contribution is 0.0601. The largest absolute Gasteiger partial charge is 0.384 e. The summed E-state index contributed by atoms with van der Waals surface area (Å²) in [7, 11) is 1.77. The van der Waals surface area contributed by atoms with Gasteiger partial charge >= 0.3 is 6.03 Å². The zero-order chi connectivity index (χ0) is 19.2. The second-order valence-electron chi connectivity index (χ2n) is 6.68. The number of urea groups is 1. The highest BCUT2D eigenvalue weighted by molar-refractivity contribution is 5.88. The van der Waals surface area contributed by atoms with Gasteiger partial charge in [0.25, 0.3) is 0 Å². The fourth-order valence-electron chi connectivity index (χ4n) is 2.30. The Balaban J connectivity index is 1.49. The molecule has 4 N–H and O–H groups in total. The van der Waals surface area contributed by atoms with Crippen LogP contribution in [-0.2, 0) is 11.8 Å². The third-order valence-corrected chi connectivity index (χ3v) is 4.11. The van der Waals surface area contributed by atoms with Crippen molar-refractivity contribution in [3.05, 3.63) is 35.7 Å². The van der Waals surface area contributed by atoms with Crippen LogP contribution in [0.3, 0.4) is 0 Å². The van der Waals surface area contributed by atoms with Crippen LogP contribution in [0.25, 0.3) is 0 Å². The molecule has 0 unspecified atom stereocenters. The molecule has 1 saturated carbocycles. The van der Waals surface area contributed by atoms with Crippen molar-refractivity contribution in [3.63, 3.8) is 0 Å². The van der Waals surface area contributed by atoms with Crippen molar-refractivity contribution in [3.8, 4) is 11.8 Å². The van der Waals surface area contributed by atoms with Crippen LogP contribution in [0.4, 0.5) is 16.4 Å². The van der Waals surface area contributed by atoms with Gasteiger partial charge in [0.05, 0.1) is 6.10 Å². The third-order valence-electron chi connectivity index (χ3n) is 4.11. The highest BCUT2D eigenvalue weighted by Gasteiger charge is 2.22. The number of hydrogen-bond acceptors (Lipinski definition) is 5. The predicted octanol–water partition coefficient (Wildman–Crippen LogP) is 1.73. The maximum absolute atomic E-state index is 12.0. The molecular formula is C19H24N6O2. The van der Waals surface area contributed by atoms with Crippen LogP contribution < -0.4 is 16.4 Å². The number of nitrogens with zero attached hydrogens (tertiary/aromatic N) is 3. The Morgan fingerprint density at radius 2 is 2.26 bits per heavy atom. The Labute approximate surface area is 158 Å². The average Bonchev–Trinajstić information content (AvgIpc) is 3.41. The van der Waals surface area contributed by atoms with E-state index in [1.165, 1.54) is 12.8 Å². The number of amides is 2. The molecule has 8 heteroatoms. The lowest BCUT2D eigenvalue weighted by atomic mass is 10.2. The summed E-state index contributed by atoms with van der Waals surface area (Å²) in [6.07, 6.45) is 4.09. The van der Waals surface area contributed by atoms with E-state index < -0.39 is 0 Å². The third kappa shape index (κ3) is 6.01. The van der Waals surface area contributed by atoms with E-state index in [-0.39, 0.29) is 12.1 Å². The molecule has 1 fully saturated rings. The summed E-state index contributed by atoms with van der Waals surface area (Å²) in [6.45, 7) is 3.17. The topological polar surface area (TPSA) is 107 Å². The smallest absolute Gasteiger partial charge is 0.320 e. The Morgan fingerprint density at radius 1 is 1.44 bits per heavy atom. The zero-order valence-electron chi connectivity index (χ0n) is 15.5. The number of rotatable bonds is 6. The Bertz CT molecular complexity index is 845. The summed E-state index contributed by atoms with van der Waals surface area (Å²) < 4.78 is 7.28. The van der Waals surface area contributed by atoms with Crippen molar-refractivity contribution in [1.82, 2.24) is 20.1 Å². The molecule has 1 atom stereocenters. The van der Waals surface area contributed by atoms with Crippen LogP contribution in [-0.4, -0.2) is 40.1 Å². The van der Waals surface area contributed by atoms with Gasteiger partial charge < -0.3 is 15.8 Å². The number of nitrogen functional groups attached to an aromatic ring is 1. The van der Waals surface area contributed by atoms with E-state index in [1.807, 2.05) is 6.92 Å². The maximum atomic E-state index is 12.0. The molecule has 0 bridgehead atoms. The molecule has 8 nitrogen and oxygen atoms in total. The first-order valence-electron chi connectivity index (χ1n) is 8.93. The predicted molar refractivity (Wildman–Crippen MR) is 103 cm³/mol. The summed E-state index contributed by atoms with van der Waals surface area (Å²) in [5.74, 6) is 7.58. The minimum Gasteiger partial charge on any atom is -0.384 e. The van der Waals surface area contributed by atoms with Crippen molar-refractivity contribution in [2.45, 2.75) is 25.9 Å². The molecule has 142 valence electrons. The van der Waals surface area contributed by atoms with Crippen molar-refractivity contribution in [1.29, 1.82) is 0 Å². The Kier molecular flexibility index (Phi) is 5.94. The quantitative estimate of drug-likeness (QED) is 0.673. The fourth-order valence-corrected chi connectivity index (χ4v) is 2.30. The van der Waals surface area contributed by atoms with Crippen molar-refractivity contribution >= 4 is 17.7 Å². The molecule has 2 aromatic rings. The SMILES string of the molecule is C[C@H](CNC(=O)Nc1cc(C#Cc2ccc(N)nc2)n(C)n1)OCC1CC1. The molecule has 2 aromatic heterocycles. The Morgan fingerprint density at radius 3 is 2.96 bits per heavy atom. The molecule has 0 saturated heterocycles. The van der Waals surface area contributed by atoms with Gasteiger partial charge in [-0.05, 0) is 43.7 Å². The molecular weight excluding hydrogens is 344 g/mol. The first kappa shape index (κ1) is 18.7. The fraction of sp³-hybridized carbons (Fsp3) is 0.421. The number of aryl methyl sites for hydroxylation is 1. The van der Waals surface area contributed by atoms with Crippen LogP contribution in [0.2, 0.25) is 0 Å². The molecule has 2 amide bonds. The average molecular weight is 368 g/mol. The number of pyridine rings is 1. The van der Waals surface area contributed by atoms with Crippen LogP contribution in [0, 0.1) is 17.8 Å². The molecule has 0 aromatic carbocycles. The number of carbonyl (C=O) groups is 1. The van der Waals surface area contributed by atoms with Gasteiger partial charge in [-0.1, -0.05) is 5.92 Å². The maximum Gasteiger partial charge on any atom is 0.320 e. The van der Waals surface area contributed by atoms with Gasteiger partial charge in [-0.25, -0.2) is 9.78 Å². The van der Waals surface area contributed by atoms with Crippen molar-refractivity contribution < 1.29 is 9.53 Å². The molecule has 0 aliphatic heterocycles. The van der Waals surface area contributed by atoms with Gasteiger partial charge in [0.1, 0.15) is 11.5 Å². The number of hydrogen-bond donors (Lipinski definition) is 3. The molecule has 27 heavy (non-hydrogen) atoms. The standard InChI is InChI=1S/C19H24N6O2/c1-13(27-12-15-3-4-15)10-22-19(26)23-18-9-16(25(2)24-18)7-5-14-6-8-17(20)21-11-14/h6,8-9,11,13,15H,3-4,10,12H2,1-2H3,(H2,20,21)(H2,22,23,24,26)/t13-/m1/s1. The van der Waals surface area contributed by atoms with Gasteiger partial charge in [0, 0.05) is 38.0 Å². The van der Waals surface area contributed by atoms with E-state index in [1.54, 1.807) is 36.1 Å². The Hall–Kier alpha value is -3.05.